The predicted molar refractivity (Wildman–Crippen MR) is 206 cm³/mol. The van der Waals surface area contributed by atoms with Gasteiger partial charge in [-0.3, -0.25) is 19.5 Å². The van der Waals surface area contributed by atoms with E-state index in [2.05, 4.69) is 27.1 Å². The molecule has 3 aliphatic heterocycles. The highest BCUT2D eigenvalue weighted by molar-refractivity contribution is 6.08. The summed E-state index contributed by atoms with van der Waals surface area (Å²) in [5.74, 6) is -0.265. The number of aromatic nitrogens is 4. The van der Waals surface area contributed by atoms with Crippen molar-refractivity contribution >= 4 is 29.3 Å². The van der Waals surface area contributed by atoms with E-state index in [0.717, 1.165) is 6.92 Å². The summed E-state index contributed by atoms with van der Waals surface area (Å²) in [5.41, 5.74) is 7.16. The van der Waals surface area contributed by atoms with Gasteiger partial charge in [0.1, 0.15) is 30.2 Å². The number of Topliss-reactive ketones (excluding diaryl/α,β-unsaturated/α-hetero) is 2. The summed E-state index contributed by atoms with van der Waals surface area (Å²) in [6.07, 6.45) is -3.07. The third-order valence-electron chi connectivity index (χ3n) is 11.8. The highest BCUT2D eigenvalue weighted by Crippen LogP contribution is 2.43. The zero-order chi connectivity index (χ0) is 42.9. The molecule has 5 rings (SSSR count). The molecular weight excluding hydrogens is 757 g/mol. The van der Waals surface area contributed by atoms with Gasteiger partial charge in [-0.2, -0.15) is 0 Å². The fourth-order valence-electron chi connectivity index (χ4n) is 8.55. The summed E-state index contributed by atoms with van der Waals surface area (Å²) in [7, 11) is 1.36. The minimum absolute atomic E-state index is 0.0290. The summed E-state index contributed by atoms with van der Waals surface area (Å²) < 4.78 is 48.2. The van der Waals surface area contributed by atoms with Gasteiger partial charge in [-0.25, -0.2) is 18.7 Å². The molecule has 0 aromatic carbocycles. The number of hydrogen-bond donors (Lipinski definition) is 3. The van der Waals surface area contributed by atoms with Crippen molar-refractivity contribution in [2.75, 3.05) is 19.4 Å². The van der Waals surface area contributed by atoms with E-state index in [-0.39, 0.29) is 31.7 Å². The number of ether oxygens (including phenoxy) is 5. The molecule has 18 heteroatoms. The number of esters is 1. The quantitative estimate of drug-likeness (QED) is 0.207. The monoisotopic (exact) mass is 813 g/mol. The van der Waals surface area contributed by atoms with Crippen LogP contribution in [0, 0.1) is 29.6 Å². The minimum atomic E-state index is -3.22. The zero-order valence-electron chi connectivity index (χ0n) is 34.5. The van der Waals surface area contributed by atoms with Crippen LogP contribution in [-0.4, -0.2) is 127 Å². The molecule has 13 atom stereocenters. The number of pyridine rings is 1. The molecule has 5 heterocycles. The van der Waals surface area contributed by atoms with Crippen LogP contribution >= 0.6 is 0 Å². The number of rotatable bonds is 7. The summed E-state index contributed by atoms with van der Waals surface area (Å²) in [6, 6.07) is 1.52. The number of carbonyl (C=O) groups excluding carboxylic acids is 4. The van der Waals surface area contributed by atoms with E-state index < -0.39 is 95.3 Å². The number of carbonyl (C=O) groups is 4. The van der Waals surface area contributed by atoms with Gasteiger partial charge in [0, 0.05) is 42.8 Å². The van der Waals surface area contributed by atoms with Gasteiger partial charge in [0.25, 0.3) is 5.67 Å². The molecule has 0 radical (unpaired) electrons. The Morgan fingerprint density at radius 3 is 2.41 bits per heavy atom. The first kappa shape index (κ1) is 44.6. The Balaban J connectivity index is 1.49. The normalized spacial score (nSPS) is 37.6. The number of fused-ring (bicyclic) bond motifs is 1. The number of nitrogens with two attached hydrogens (primary N) is 2. The van der Waals surface area contributed by atoms with Crippen molar-refractivity contribution < 1.29 is 52.4 Å². The average molecular weight is 814 g/mol. The lowest BCUT2D eigenvalue weighted by Crippen LogP contribution is -2.61. The number of hydrogen-bond acceptors (Lipinski definition) is 15. The second kappa shape index (κ2) is 17.4. The van der Waals surface area contributed by atoms with Crippen LogP contribution in [0.5, 0.6) is 0 Å². The first-order chi connectivity index (χ1) is 27.2. The molecule has 3 fully saturated rings. The average Bonchev–Trinajstić information content (AvgIpc) is 3.75. The molecule has 2 aromatic heterocycles. The zero-order valence-corrected chi connectivity index (χ0v) is 34.5. The lowest BCUT2D eigenvalue weighted by atomic mass is 9.73. The largest absolute Gasteiger partial charge is 0.455 e. The van der Waals surface area contributed by atoms with Crippen LogP contribution in [0.4, 0.5) is 14.9 Å². The summed E-state index contributed by atoms with van der Waals surface area (Å²) in [4.78, 5) is 61.8. The first-order valence-electron chi connectivity index (χ1n) is 19.5. The lowest BCUT2D eigenvalue weighted by Gasteiger charge is -2.46. The number of nitrogen functional groups attached to an aromatic ring is 1. The summed E-state index contributed by atoms with van der Waals surface area (Å²) >= 11 is 0. The molecule has 1 amide bonds. The topological polar surface area (TPSA) is 234 Å². The van der Waals surface area contributed by atoms with Crippen LogP contribution < -0.4 is 11.5 Å². The number of alkyl halides is 1. The van der Waals surface area contributed by atoms with Crippen molar-refractivity contribution in [1.29, 1.82) is 0 Å². The summed E-state index contributed by atoms with van der Waals surface area (Å²) in [5, 5.41) is 19.2. The van der Waals surface area contributed by atoms with Gasteiger partial charge < -0.3 is 40.3 Å². The number of methoxy groups -OCH3 is 1. The van der Waals surface area contributed by atoms with Crippen LogP contribution in [0.3, 0.4) is 0 Å². The third kappa shape index (κ3) is 8.74. The fourth-order valence-corrected chi connectivity index (χ4v) is 8.55. The maximum atomic E-state index is 16.8. The molecule has 58 heavy (non-hydrogen) atoms. The lowest BCUT2D eigenvalue weighted by molar-refractivity contribution is -0.288. The second-order valence-corrected chi connectivity index (χ2v) is 16.3. The van der Waals surface area contributed by atoms with E-state index in [1.807, 2.05) is 0 Å². The molecular formula is C40H56FN7O10. The van der Waals surface area contributed by atoms with Gasteiger partial charge in [-0.1, -0.05) is 44.7 Å². The van der Waals surface area contributed by atoms with Crippen LogP contribution in [0.1, 0.15) is 74.7 Å². The number of nitrogens with zero attached hydrogens (tertiary/aromatic N) is 5. The third-order valence-corrected chi connectivity index (χ3v) is 11.8. The predicted octanol–water partition coefficient (Wildman–Crippen LogP) is 2.62. The Bertz CT molecular complexity index is 1920. The molecule has 2 unspecified atom stereocenters. The maximum Gasteiger partial charge on any atom is 0.411 e. The Kier molecular flexibility index (Phi) is 13.3. The molecule has 318 valence electrons. The molecule has 0 saturated carbocycles. The van der Waals surface area contributed by atoms with Crippen molar-refractivity contribution in [1.82, 2.24) is 24.9 Å². The standard InChI is InChI=1S/C40H56FN7O10/c1-10-29-40(8)32(48(37(53)58-40)16-12-11-15-47-20-28(45-46-47)27-18-25(42)13-14-44-27)23(4)30(49)21(2)19-38(6,54-9)34(24(5)33(51)39(7,41)36(52)56-29)57-35-31(50)26(43)17-22(3)55-35/h13-14,18,20-24,26,29,31-32,34-35,50H,10,15-17,19,43H2,1-9H3,(H2,42,44)/t21-,22-,23+,24+,26?,29-,31?,32-,34-,35+,38-,39+,40-/m1/s1. The number of aliphatic hydroxyl groups excluding tert-OH is 1. The highest BCUT2D eigenvalue weighted by Gasteiger charge is 2.61. The van der Waals surface area contributed by atoms with Crippen LogP contribution in [0.15, 0.2) is 24.5 Å². The van der Waals surface area contributed by atoms with Crippen LogP contribution in [-0.2, 0) is 44.6 Å². The molecule has 0 spiro atoms. The van der Waals surface area contributed by atoms with Crippen molar-refractivity contribution in [3.05, 3.63) is 24.5 Å². The Morgan fingerprint density at radius 1 is 1.07 bits per heavy atom. The van der Waals surface area contributed by atoms with Gasteiger partial charge in [0.2, 0.25) is 0 Å². The molecule has 3 saturated heterocycles. The number of halogens is 1. The van der Waals surface area contributed by atoms with Gasteiger partial charge in [0.05, 0.1) is 42.3 Å². The van der Waals surface area contributed by atoms with E-state index in [0.29, 0.717) is 23.5 Å². The van der Waals surface area contributed by atoms with E-state index in [4.69, 9.17) is 35.2 Å². The van der Waals surface area contributed by atoms with E-state index >= 15 is 4.39 Å². The molecule has 17 nitrogen and oxygen atoms in total. The molecule has 2 aromatic rings. The Labute approximate surface area is 337 Å². The molecule has 5 N–H and O–H groups in total. The van der Waals surface area contributed by atoms with Crippen molar-refractivity contribution in [3.8, 4) is 23.2 Å². The fraction of sp³-hybridized carbons (Fsp3) is 0.675. The minimum Gasteiger partial charge on any atom is -0.455 e. The smallest absolute Gasteiger partial charge is 0.411 e. The number of amides is 1. The SMILES string of the molecule is CC[C@H]1OC(=O)[C@@](C)(F)C(=O)[C@H](C)[C@@H](O[C@@H]2O[C@H](C)CC(N)C2O)[C@](C)(OC)C[C@@H](C)C(=O)[C@H](C)[C@H]2N(CC#CCn3cc(-c4cc(N)ccn4)nn3)C(=O)O[C@]12C. The van der Waals surface area contributed by atoms with Crippen molar-refractivity contribution in [2.45, 2.75) is 141 Å². The van der Waals surface area contributed by atoms with E-state index in [1.165, 1.54) is 30.5 Å². The Hall–Kier alpha value is -4.54. The van der Waals surface area contributed by atoms with Gasteiger partial charge in [-0.05, 0) is 59.1 Å². The molecule has 0 aliphatic carbocycles. The number of aliphatic hydroxyl groups is 1. The van der Waals surface area contributed by atoms with Crippen LogP contribution in [0.2, 0.25) is 0 Å². The highest BCUT2D eigenvalue weighted by atomic mass is 19.1. The first-order valence-corrected chi connectivity index (χ1v) is 19.5. The van der Waals surface area contributed by atoms with Crippen molar-refractivity contribution in [3.63, 3.8) is 0 Å². The van der Waals surface area contributed by atoms with E-state index in [9.17, 15) is 24.3 Å². The van der Waals surface area contributed by atoms with Gasteiger partial charge >= 0.3 is 12.1 Å². The molecule has 3 aliphatic rings. The Morgan fingerprint density at radius 2 is 1.76 bits per heavy atom. The number of anilines is 1. The van der Waals surface area contributed by atoms with Crippen LogP contribution in [0.25, 0.3) is 11.4 Å². The van der Waals surface area contributed by atoms with E-state index in [1.54, 1.807) is 59.1 Å². The van der Waals surface area contributed by atoms with Gasteiger partial charge in [-0.15, -0.1) is 5.10 Å². The summed E-state index contributed by atoms with van der Waals surface area (Å²) in [6.45, 7) is 11.9. The second-order valence-electron chi connectivity index (χ2n) is 16.3. The number of ketones is 2. The maximum absolute atomic E-state index is 16.8. The molecule has 0 bridgehead atoms. The van der Waals surface area contributed by atoms with Gasteiger partial charge in [0.15, 0.2) is 17.7 Å². The number of cyclic esters (lactones) is 1. The van der Waals surface area contributed by atoms with Crippen molar-refractivity contribution in [2.24, 2.45) is 23.5 Å².